The molecule has 1 heterocycles. The molecule has 86 valence electrons. The Hall–Kier alpha value is -0.380. The van der Waals surface area contributed by atoms with E-state index in [1.165, 1.54) is 10.4 Å². The third kappa shape index (κ3) is 3.93. The molecule has 3 heteroatoms. The van der Waals surface area contributed by atoms with Gasteiger partial charge in [-0.1, -0.05) is 20.8 Å². The Kier molecular flexibility index (Phi) is 4.77. The van der Waals surface area contributed by atoms with E-state index in [4.69, 9.17) is 5.73 Å². The molecule has 0 bridgehead atoms. The summed E-state index contributed by atoms with van der Waals surface area (Å²) in [6.07, 6.45) is 1.13. The lowest BCUT2D eigenvalue weighted by Crippen LogP contribution is -2.35. The molecule has 0 spiro atoms. The van der Waals surface area contributed by atoms with Gasteiger partial charge in [-0.3, -0.25) is 0 Å². The smallest absolute Gasteiger partial charge is 0.0302 e. The molecule has 1 rings (SSSR count). The van der Waals surface area contributed by atoms with E-state index in [1.807, 2.05) is 11.3 Å². The first-order valence-electron chi connectivity index (χ1n) is 5.55. The number of rotatable bonds is 6. The molecule has 3 N–H and O–H groups in total. The van der Waals surface area contributed by atoms with Crippen LogP contribution in [0.2, 0.25) is 0 Å². The molecule has 0 unspecified atom stereocenters. The van der Waals surface area contributed by atoms with Gasteiger partial charge in [0.05, 0.1) is 0 Å². The van der Waals surface area contributed by atoms with Crippen LogP contribution >= 0.6 is 11.3 Å². The summed E-state index contributed by atoms with van der Waals surface area (Å²) in [5.41, 5.74) is 7.35. The fourth-order valence-corrected chi connectivity index (χ4v) is 2.37. The van der Waals surface area contributed by atoms with Gasteiger partial charge in [0.1, 0.15) is 0 Å². The van der Waals surface area contributed by atoms with Crippen molar-refractivity contribution in [3.8, 4) is 0 Å². The van der Waals surface area contributed by atoms with E-state index in [1.54, 1.807) is 0 Å². The second kappa shape index (κ2) is 5.64. The summed E-state index contributed by atoms with van der Waals surface area (Å²) in [7, 11) is 0. The van der Waals surface area contributed by atoms with Crippen molar-refractivity contribution >= 4 is 11.3 Å². The zero-order chi connectivity index (χ0) is 11.3. The van der Waals surface area contributed by atoms with Gasteiger partial charge in [0, 0.05) is 18.0 Å². The molecule has 0 saturated heterocycles. The van der Waals surface area contributed by atoms with Gasteiger partial charge in [0.15, 0.2) is 0 Å². The Balaban J connectivity index is 2.38. The standard InChI is InChI=1S/C12H22N2S/c1-4-10-5-6-15-11(10)7-14-9-12(2,3)8-13/h5-6,14H,4,7-9,13H2,1-3H3. The monoisotopic (exact) mass is 226 g/mol. The topological polar surface area (TPSA) is 38.0 Å². The lowest BCUT2D eigenvalue weighted by atomic mass is 9.94. The number of hydrogen-bond donors (Lipinski definition) is 2. The van der Waals surface area contributed by atoms with Crippen molar-refractivity contribution in [2.75, 3.05) is 13.1 Å². The fourth-order valence-electron chi connectivity index (χ4n) is 1.42. The van der Waals surface area contributed by atoms with E-state index in [2.05, 4.69) is 37.5 Å². The third-order valence-corrected chi connectivity index (χ3v) is 3.62. The molecule has 0 fully saturated rings. The molecule has 0 aliphatic heterocycles. The molecule has 0 atom stereocenters. The number of nitrogens with one attached hydrogen (secondary N) is 1. The molecule has 1 aromatic heterocycles. The maximum absolute atomic E-state index is 5.68. The summed E-state index contributed by atoms with van der Waals surface area (Å²) in [5, 5.41) is 5.65. The van der Waals surface area contributed by atoms with E-state index in [0.717, 1.165) is 26.1 Å². The summed E-state index contributed by atoms with van der Waals surface area (Å²) in [4.78, 5) is 1.46. The van der Waals surface area contributed by atoms with Crippen LogP contribution in [-0.4, -0.2) is 13.1 Å². The van der Waals surface area contributed by atoms with Crippen LogP contribution in [0.1, 0.15) is 31.2 Å². The summed E-state index contributed by atoms with van der Waals surface area (Å²) in [5.74, 6) is 0. The van der Waals surface area contributed by atoms with Gasteiger partial charge in [0.2, 0.25) is 0 Å². The zero-order valence-corrected chi connectivity index (χ0v) is 10.8. The minimum Gasteiger partial charge on any atom is -0.330 e. The second-order valence-electron chi connectivity index (χ2n) is 4.69. The Morgan fingerprint density at radius 3 is 2.80 bits per heavy atom. The Labute approximate surface area is 96.9 Å². The van der Waals surface area contributed by atoms with Crippen molar-refractivity contribution in [2.24, 2.45) is 11.1 Å². The van der Waals surface area contributed by atoms with Crippen LogP contribution in [0.15, 0.2) is 11.4 Å². The van der Waals surface area contributed by atoms with Gasteiger partial charge in [-0.25, -0.2) is 0 Å². The van der Waals surface area contributed by atoms with Crippen LogP contribution in [0.4, 0.5) is 0 Å². The van der Waals surface area contributed by atoms with Gasteiger partial charge in [-0.2, -0.15) is 0 Å². The highest BCUT2D eigenvalue weighted by atomic mass is 32.1. The van der Waals surface area contributed by atoms with Crippen LogP contribution < -0.4 is 11.1 Å². The molecule has 15 heavy (non-hydrogen) atoms. The lowest BCUT2D eigenvalue weighted by Gasteiger charge is -2.22. The Morgan fingerprint density at radius 2 is 2.20 bits per heavy atom. The van der Waals surface area contributed by atoms with Crippen molar-refractivity contribution in [3.63, 3.8) is 0 Å². The Bertz CT molecular complexity index is 292. The quantitative estimate of drug-likeness (QED) is 0.781. The predicted octanol–water partition coefficient (Wildman–Crippen LogP) is 2.39. The largest absolute Gasteiger partial charge is 0.330 e. The first-order chi connectivity index (χ1) is 7.09. The minimum absolute atomic E-state index is 0.198. The Morgan fingerprint density at radius 1 is 1.47 bits per heavy atom. The van der Waals surface area contributed by atoms with Crippen LogP contribution in [0.3, 0.4) is 0 Å². The third-order valence-electron chi connectivity index (χ3n) is 2.66. The first kappa shape index (κ1) is 12.7. The molecule has 0 amide bonds. The molecule has 0 aromatic carbocycles. The van der Waals surface area contributed by atoms with E-state index < -0.39 is 0 Å². The summed E-state index contributed by atoms with van der Waals surface area (Å²) in [6.45, 7) is 9.26. The van der Waals surface area contributed by atoms with Crippen molar-refractivity contribution in [1.29, 1.82) is 0 Å². The van der Waals surface area contributed by atoms with Crippen LogP contribution in [-0.2, 0) is 13.0 Å². The molecule has 0 aliphatic rings. The molecule has 0 radical (unpaired) electrons. The van der Waals surface area contributed by atoms with Crippen molar-refractivity contribution in [3.05, 3.63) is 21.9 Å². The number of nitrogens with two attached hydrogens (primary N) is 1. The predicted molar refractivity (Wildman–Crippen MR) is 68.2 cm³/mol. The van der Waals surface area contributed by atoms with Crippen molar-refractivity contribution in [1.82, 2.24) is 5.32 Å². The van der Waals surface area contributed by atoms with Gasteiger partial charge in [-0.05, 0) is 35.4 Å². The molecule has 0 saturated carbocycles. The second-order valence-corrected chi connectivity index (χ2v) is 5.70. The molecular weight excluding hydrogens is 204 g/mol. The SMILES string of the molecule is CCc1ccsc1CNCC(C)(C)CN. The highest BCUT2D eigenvalue weighted by Crippen LogP contribution is 2.17. The fraction of sp³-hybridized carbons (Fsp3) is 0.667. The van der Waals surface area contributed by atoms with E-state index in [9.17, 15) is 0 Å². The van der Waals surface area contributed by atoms with Crippen LogP contribution in [0.5, 0.6) is 0 Å². The highest BCUT2D eigenvalue weighted by Gasteiger charge is 2.14. The zero-order valence-electron chi connectivity index (χ0n) is 9.97. The van der Waals surface area contributed by atoms with Crippen LogP contribution in [0.25, 0.3) is 0 Å². The summed E-state index contributed by atoms with van der Waals surface area (Å²) in [6, 6.07) is 2.22. The van der Waals surface area contributed by atoms with Crippen molar-refractivity contribution in [2.45, 2.75) is 33.7 Å². The number of hydrogen-bond acceptors (Lipinski definition) is 3. The van der Waals surface area contributed by atoms with Crippen molar-refractivity contribution < 1.29 is 0 Å². The van der Waals surface area contributed by atoms with Crippen LogP contribution in [0, 0.1) is 5.41 Å². The number of aryl methyl sites for hydroxylation is 1. The molecule has 1 aromatic rings. The first-order valence-corrected chi connectivity index (χ1v) is 6.43. The summed E-state index contributed by atoms with van der Waals surface area (Å²) >= 11 is 1.84. The van der Waals surface area contributed by atoms with E-state index in [0.29, 0.717) is 0 Å². The maximum Gasteiger partial charge on any atom is 0.0302 e. The molecule has 2 nitrogen and oxygen atoms in total. The van der Waals surface area contributed by atoms with Gasteiger partial charge in [0.25, 0.3) is 0 Å². The highest BCUT2D eigenvalue weighted by molar-refractivity contribution is 7.10. The minimum atomic E-state index is 0.198. The van der Waals surface area contributed by atoms with Gasteiger partial charge < -0.3 is 11.1 Å². The van der Waals surface area contributed by atoms with E-state index in [-0.39, 0.29) is 5.41 Å². The average Bonchev–Trinajstić information content (AvgIpc) is 2.65. The normalized spacial score (nSPS) is 12.0. The van der Waals surface area contributed by atoms with Gasteiger partial charge >= 0.3 is 0 Å². The average molecular weight is 226 g/mol. The lowest BCUT2D eigenvalue weighted by molar-refractivity contribution is 0.352. The molecule has 0 aliphatic carbocycles. The maximum atomic E-state index is 5.68. The summed E-state index contributed by atoms with van der Waals surface area (Å²) < 4.78 is 0. The van der Waals surface area contributed by atoms with E-state index >= 15 is 0 Å². The molecular formula is C12H22N2S. The van der Waals surface area contributed by atoms with Gasteiger partial charge in [-0.15, -0.1) is 11.3 Å². The number of thiophene rings is 1.